The Bertz CT molecular complexity index is 334. The first-order valence-corrected chi connectivity index (χ1v) is 5.98. The van der Waals surface area contributed by atoms with Crippen molar-refractivity contribution in [1.29, 1.82) is 0 Å². The van der Waals surface area contributed by atoms with Crippen LogP contribution in [0.1, 0.15) is 33.6 Å². The van der Waals surface area contributed by atoms with Crippen molar-refractivity contribution in [3.8, 4) is 0 Å². The van der Waals surface area contributed by atoms with Crippen LogP contribution in [0.2, 0.25) is 0 Å². The summed E-state index contributed by atoms with van der Waals surface area (Å²) in [6.07, 6.45) is 7.22. The summed E-state index contributed by atoms with van der Waals surface area (Å²) in [5.74, 6) is 1.92. The number of hydrogen-bond donors (Lipinski definition) is 0. The summed E-state index contributed by atoms with van der Waals surface area (Å²) < 4.78 is 0. The second-order valence-corrected chi connectivity index (χ2v) is 5.71. The molecular formula is C15H22. The number of fused-ring (bicyclic) bond motifs is 2. The van der Waals surface area contributed by atoms with E-state index in [-0.39, 0.29) is 0 Å². The summed E-state index contributed by atoms with van der Waals surface area (Å²) in [4.78, 5) is 0. The lowest BCUT2D eigenvalue weighted by Crippen LogP contribution is -2.39. The van der Waals surface area contributed by atoms with Crippen LogP contribution in [-0.4, -0.2) is 0 Å². The third-order valence-electron chi connectivity index (χ3n) is 4.72. The molecule has 2 aliphatic carbocycles. The maximum atomic E-state index is 4.33. The van der Waals surface area contributed by atoms with Gasteiger partial charge in [-0.05, 0) is 42.9 Å². The zero-order valence-corrected chi connectivity index (χ0v) is 10.2. The van der Waals surface area contributed by atoms with Crippen LogP contribution in [0.4, 0.5) is 0 Å². The molecule has 2 rings (SSSR count). The predicted molar refractivity (Wildman–Crippen MR) is 66.6 cm³/mol. The average Bonchev–Trinajstić information content (AvgIpc) is 2.16. The van der Waals surface area contributed by atoms with Crippen molar-refractivity contribution in [2.45, 2.75) is 33.6 Å². The summed E-state index contributed by atoms with van der Waals surface area (Å²) in [7, 11) is 0. The highest BCUT2D eigenvalue weighted by Crippen LogP contribution is 2.54. The van der Waals surface area contributed by atoms with E-state index in [0.29, 0.717) is 23.2 Å². The molecule has 0 spiro atoms. The van der Waals surface area contributed by atoms with Crippen LogP contribution < -0.4 is 0 Å². The smallest absolute Gasteiger partial charge is 0.00145 e. The van der Waals surface area contributed by atoms with Crippen LogP contribution >= 0.6 is 0 Å². The van der Waals surface area contributed by atoms with Crippen molar-refractivity contribution < 1.29 is 0 Å². The Kier molecular flexibility index (Phi) is 2.41. The first kappa shape index (κ1) is 10.7. The van der Waals surface area contributed by atoms with Gasteiger partial charge in [0.15, 0.2) is 0 Å². The Morgan fingerprint density at radius 3 is 2.73 bits per heavy atom. The first-order chi connectivity index (χ1) is 6.95. The molecule has 0 heterocycles. The molecular weight excluding hydrogens is 180 g/mol. The van der Waals surface area contributed by atoms with E-state index < -0.39 is 0 Å². The fourth-order valence-electron chi connectivity index (χ4n) is 3.16. The molecule has 1 saturated carbocycles. The molecule has 0 aromatic carbocycles. The van der Waals surface area contributed by atoms with Gasteiger partial charge in [0.25, 0.3) is 0 Å². The highest BCUT2D eigenvalue weighted by Gasteiger charge is 2.44. The Morgan fingerprint density at radius 1 is 1.47 bits per heavy atom. The lowest BCUT2D eigenvalue weighted by molar-refractivity contribution is 0.167. The SMILES string of the molecule is C=C(C)[C@@H]1C[C@@H]2C=C[C@@H](C)[C@](C)(C1)C2=C. The Labute approximate surface area is 93.8 Å². The lowest BCUT2D eigenvalue weighted by atomic mass is 9.55. The second kappa shape index (κ2) is 3.37. The minimum atomic E-state index is 0.307. The summed E-state index contributed by atoms with van der Waals surface area (Å²) in [5.41, 5.74) is 3.11. The molecule has 0 nitrogen and oxygen atoms in total. The Morgan fingerprint density at radius 2 is 2.13 bits per heavy atom. The third-order valence-corrected chi connectivity index (χ3v) is 4.72. The van der Waals surface area contributed by atoms with Crippen molar-refractivity contribution in [3.63, 3.8) is 0 Å². The Hall–Kier alpha value is -0.780. The van der Waals surface area contributed by atoms with E-state index in [0.717, 1.165) is 0 Å². The minimum absolute atomic E-state index is 0.307. The molecule has 0 aromatic heterocycles. The van der Waals surface area contributed by atoms with E-state index in [2.05, 4.69) is 46.1 Å². The van der Waals surface area contributed by atoms with Crippen LogP contribution in [0.3, 0.4) is 0 Å². The molecule has 0 radical (unpaired) electrons. The van der Waals surface area contributed by atoms with Gasteiger partial charge in [0.2, 0.25) is 0 Å². The first-order valence-electron chi connectivity index (χ1n) is 5.98. The Balaban J connectivity index is 2.36. The molecule has 15 heavy (non-hydrogen) atoms. The van der Waals surface area contributed by atoms with Crippen molar-refractivity contribution in [2.24, 2.45) is 23.2 Å². The van der Waals surface area contributed by atoms with E-state index in [1.807, 2.05) is 0 Å². The molecule has 1 fully saturated rings. The fourth-order valence-corrected chi connectivity index (χ4v) is 3.16. The van der Waals surface area contributed by atoms with E-state index >= 15 is 0 Å². The van der Waals surface area contributed by atoms with Gasteiger partial charge in [0.05, 0.1) is 0 Å². The maximum absolute atomic E-state index is 4.33. The predicted octanol–water partition coefficient (Wildman–Crippen LogP) is 4.36. The molecule has 0 saturated heterocycles. The summed E-state index contributed by atoms with van der Waals surface area (Å²) in [6, 6.07) is 0. The molecule has 0 aliphatic heterocycles. The van der Waals surface area contributed by atoms with Crippen LogP contribution in [0, 0.1) is 23.2 Å². The summed E-state index contributed by atoms with van der Waals surface area (Å²) >= 11 is 0. The van der Waals surface area contributed by atoms with Gasteiger partial charge in [-0.25, -0.2) is 0 Å². The van der Waals surface area contributed by atoms with E-state index in [9.17, 15) is 0 Å². The van der Waals surface area contributed by atoms with Crippen molar-refractivity contribution >= 4 is 0 Å². The number of rotatable bonds is 1. The minimum Gasteiger partial charge on any atom is -0.0999 e. The van der Waals surface area contributed by atoms with Gasteiger partial charge >= 0.3 is 0 Å². The zero-order chi connectivity index (χ0) is 11.2. The van der Waals surface area contributed by atoms with Gasteiger partial charge in [0.1, 0.15) is 0 Å². The molecule has 0 amide bonds. The standard InChI is InChI=1S/C15H22/c1-10(2)14-8-13-7-6-11(3)15(5,9-14)12(13)4/h6-7,11,13-14H,1,4,8-9H2,2-3,5H3/t11-,13+,14-,15+/m1/s1. The average molecular weight is 202 g/mol. The van der Waals surface area contributed by atoms with Gasteiger partial charge in [-0.3, -0.25) is 0 Å². The van der Waals surface area contributed by atoms with E-state index in [1.165, 1.54) is 24.0 Å². The molecule has 2 bridgehead atoms. The van der Waals surface area contributed by atoms with Crippen molar-refractivity contribution in [1.82, 2.24) is 0 Å². The molecule has 0 unspecified atom stereocenters. The van der Waals surface area contributed by atoms with Crippen LogP contribution in [-0.2, 0) is 0 Å². The highest BCUT2D eigenvalue weighted by atomic mass is 14.5. The van der Waals surface area contributed by atoms with Gasteiger partial charge in [-0.15, -0.1) is 0 Å². The molecule has 0 heteroatoms. The molecule has 0 aromatic rings. The van der Waals surface area contributed by atoms with Gasteiger partial charge in [-0.2, -0.15) is 0 Å². The fraction of sp³-hybridized carbons (Fsp3) is 0.600. The van der Waals surface area contributed by atoms with Gasteiger partial charge in [0, 0.05) is 0 Å². The van der Waals surface area contributed by atoms with Crippen LogP contribution in [0.15, 0.2) is 36.5 Å². The molecule has 2 aliphatic rings. The van der Waals surface area contributed by atoms with Gasteiger partial charge < -0.3 is 0 Å². The molecule has 4 atom stereocenters. The number of allylic oxidation sites excluding steroid dienone is 4. The van der Waals surface area contributed by atoms with Crippen LogP contribution in [0.5, 0.6) is 0 Å². The van der Waals surface area contributed by atoms with Crippen molar-refractivity contribution in [2.75, 3.05) is 0 Å². The van der Waals surface area contributed by atoms with Gasteiger partial charge in [-0.1, -0.05) is 50.3 Å². The normalized spacial score (nSPS) is 44.2. The largest absolute Gasteiger partial charge is 0.0999 e. The maximum Gasteiger partial charge on any atom is -0.00145 e. The lowest BCUT2D eigenvalue weighted by Gasteiger charge is -2.49. The van der Waals surface area contributed by atoms with E-state index in [4.69, 9.17) is 0 Å². The summed E-state index contributed by atoms with van der Waals surface area (Å²) in [6.45, 7) is 15.3. The molecule has 0 N–H and O–H groups in total. The van der Waals surface area contributed by atoms with Crippen LogP contribution in [0.25, 0.3) is 0 Å². The van der Waals surface area contributed by atoms with Crippen molar-refractivity contribution in [3.05, 3.63) is 36.5 Å². The number of hydrogen-bond acceptors (Lipinski definition) is 0. The second-order valence-electron chi connectivity index (χ2n) is 5.71. The zero-order valence-electron chi connectivity index (χ0n) is 10.2. The molecule has 82 valence electrons. The summed E-state index contributed by atoms with van der Waals surface area (Å²) in [5, 5.41) is 0. The topological polar surface area (TPSA) is 0 Å². The van der Waals surface area contributed by atoms with E-state index in [1.54, 1.807) is 0 Å². The highest BCUT2D eigenvalue weighted by molar-refractivity contribution is 5.30. The quantitative estimate of drug-likeness (QED) is 0.554. The third kappa shape index (κ3) is 1.51. The monoisotopic (exact) mass is 202 g/mol.